The van der Waals surface area contributed by atoms with E-state index in [0.717, 1.165) is 16.7 Å². The molecule has 3 aromatic carbocycles. The minimum absolute atomic E-state index is 0.164. The van der Waals surface area contributed by atoms with Gasteiger partial charge in [-0.25, -0.2) is 0 Å². The lowest BCUT2D eigenvalue weighted by Crippen LogP contribution is -2.28. The predicted molar refractivity (Wildman–Crippen MR) is 165 cm³/mol. The Labute approximate surface area is 231 Å². The number of allylic oxidation sites excluding steroid dienone is 5. The Hall–Kier alpha value is -3.49. The third-order valence-corrected chi connectivity index (χ3v) is 8.37. The van der Waals surface area contributed by atoms with Crippen LogP contribution in [0.1, 0.15) is 57.5 Å². The summed E-state index contributed by atoms with van der Waals surface area (Å²) in [5.41, 5.74) is 8.34. The molecule has 0 bridgehead atoms. The molecule has 1 aromatic heterocycles. The van der Waals surface area contributed by atoms with E-state index in [2.05, 4.69) is 139 Å². The summed E-state index contributed by atoms with van der Waals surface area (Å²) in [4.78, 5) is 15.0. The molecule has 0 spiro atoms. The SMILES string of the molecule is Cc1cccc(C(=C2C=C(C(C)(C)C)C(=O)C(C(C)(C)C)=C2)c2sc3ccccc3c2-c2ccccc2)c1. The summed E-state index contributed by atoms with van der Waals surface area (Å²) >= 11 is 1.84. The van der Waals surface area contributed by atoms with Gasteiger partial charge in [-0.15, -0.1) is 11.3 Å². The number of fused-ring (bicyclic) bond motifs is 1. The van der Waals surface area contributed by atoms with E-state index >= 15 is 0 Å². The molecule has 4 aromatic rings. The molecular formula is C36H36OS. The van der Waals surface area contributed by atoms with Crippen LogP contribution in [0.5, 0.6) is 0 Å². The maximum absolute atomic E-state index is 13.8. The van der Waals surface area contributed by atoms with Crippen molar-refractivity contribution >= 4 is 32.8 Å². The summed E-state index contributed by atoms with van der Waals surface area (Å²) in [7, 11) is 0. The number of Topliss-reactive ketones (excluding diaryl/α,β-unsaturated/α-hetero) is 1. The van der Waals surface area contributed by atoms with Gasteiger partial charge in [0.25, 0.3) is 0 Å². The van der Waals surface area contributed by atoms with Gasteiger partial charge in [-0.3, -0.25) is 4.79 Å². The smallest absolute Gasteiger partial charge is 0.186 e. The summed E-state index contributed by atoms with van der Waals surface area (Å²) in [6, 6.07) is 28.1. The number of thiophene rings is 1. The first-order chi connectivity index (χ1) is 17.9. The minimum Gasteiger partial charge on any atom is -0.289 e. The average Bonchev–Trinajstić information content (AvgIpc) is 3.23. The molecule has 0 N–H and O–H groups in total. The maximum atomic E-state index is 13.8. The number of rotatable bonds is 3. The summed E-state index contributed by atoms with van der Waals surface area (Å²) in [6.45, 7) is 15.0. The van der Waals surface area contributed by atoms with Gasteiger partial charge in [0.1, 0.15) is 0 Å². The molecule has 1 aliphatic carbocycles. The number of hydrogen-bond acceptors (Lipinski definition) is 2. The Bertz CT molecular complexity index is 1590. The number of aryl methyl sites for hydroxylation is 1. The molecule has 0 amide bonds. The van der Waals surface area contributed by atoms with E-state index in [1.54, 1.807) is 0 Å². The Kier molecular flexibility index (Phi) is 6.65. The molecular weight excluding hydrogens is 480 g/mol. The van der Waals surface area contributed by atoms with Crippen molar-refractivity contribution in [2.45, 2.75) is 48.5 Å². The third-order valence-electron chi connectivity index (χ3n) is 7.19. The lowest BCUT2D eigenvalue weighted by atomic mass is 9.71. The first-order valence-electron chi connectivity index (χ1n) is 13.3. The first kappa shape index (κ1) is 26.1. The van der Waals surface area contributed by atoms with Gasteiger partial charge in [0.05, 0.1) is 0 Å². The molecule has 0 saturated carbocycles. The second-order valence-electron chi connectivity index (χ2n) is 12.3. The number of carbonyl (C=O) groups excluding carboxylic acids is 1. The molecule has 0 atom stereocenters. The Morgan fingerprint density at radius 2 is 1.32 bits per heavy atom. The van der Waals surface area contributed by atoms with Gasteiger partial charge >= 0.3 is 0 Å². The fraction of sp³-hybridized carbons (Fsp3) is 0.250. The lowest BCUT2D eigenvalue weighted by Gasteiger charge is -2.32. The van der Waals surface area contributed by atoms with Crippen LogP contribution in [0.4, 0.5) is 0 Å². The van der Waals surface area contributed by atoms with Crippen LogP contribution in [0.15, 0.2) is 108 Å². The molecule has 0 saturated heterocycles. The number of ketones is 1. The van der Waals surface area contributed by atoms with Crippen molar-refractivity contribution in [2.24, 2.45) is 10.8 Å². The molecule has 1 aliphatic rings. The largest absolute Gasteiger partial charge is 0.289 e. The zero-order valence-electron chi connectivity index (χ0n) is 23.5. The van der Waals surface area contributed by atoms with Crippen molar-refractivity contribution in [3.05, 3.63) is 124 Å². The molecule has 0 unspecified atom stereocenters. The molecule has 0 radical (unpaired) electrons. The van der Waals surface area contributed by atoms with Crippen LogP contribution >= 0.6 is 11.3 Å². The van der Waals surface area contributed by atoms with E-state index in [0.29, 0.717) is 0 Å². The van der Waals surface area contributed by atoms with Crippen molar-refractivity contribution in [1.82, 2.24) is 0 Å². The summed E-state index contributed by atoms with van der Waals surface area (Å²) in [5.74, 6) is 0.164. The van der Waals surface area contributed by atoms with Gasteiger partial charge in [-0.05, 0) is 52.7 Å². The number of hydrogen-bond donors (Lipinski definition) is 0. The molecule has 0 aliphatic heterocycles. The van der Waals surface area contributed by atoms with Crippen LogP contribution in [-0.4, -0.2) is 5.78 Å². The van der Waals surface area contributed by atoms with Gasteiger partial charge in [-0.1, -0.05) is 120 Å². The van der Waals surface area contributed by atoms with Crippen molar-refractivity contribution in [3.8, 4) is 11.1 Å². The Morgan fingerprint density at radius 3 is 1.92 bits per heavy atom. The maximum Gasteiger partial charge on any atom is 0.186 e. The zero-order valence-corrected chi connectivity index (χ0v) is 24.3. The molecule has 1 heterocycles. The van der Waals surface area contributed by atoms with Crippen molar-refractivity contribution < 1.29 is 4.79 Å². The van der Waals surface area contributed by atoms with Crippen LogP contribution in [0, 0.1) is 17.8 Å². The highest BCUT2D eigenvalue weighted by Gasteiger charge is 2.35. The van der Waals surface area contributed by atoms with Crippen molar-refractivity contribution in [3.63, 3.8) is 0 Å². The predicted octanol–water partition coefficient (Wildman–Crippen LogP) is 10.2. The summed E-state index contributed by atoms with van der Waals surface area (Å²) in [5, 5.41) is 1.26. The van der Waals surface area contributed by atoms with Gasteiger partial charge in [0.2, 0.25) is 0 Å². The minimum atomic E-state index is -0.271. The second-order valence-corrected chi connectivity index (χ2v) is 13.4. The third kappa shape index (κ3) is 4.86. The topological polar surface area (TPSA) is 17.1 Å². The van der Waals surface area contributed by atoms with E-state index in [1.165, 1.54) is 42.8 Å². The molecule has 5 rings (SSSR count). The van der Waals surface area contributed by atoms with Crippen LogP contribution < -0.4 is 0 Å². The summed E-state index contributed by atoms with van der Waals surface area (Å²) < 4.78 is 1.26. The first-order valence-corrected chi connectivity index (χ1v) is 14.1. The monoisotopic (exact) mass is 516 g/mol. The van der Waals surface area contributed by atoms with Crippen LogP contribution in [0.25, 0.3) is 26.8 Å². The normalized spacial score (nSPS) is 14.5. The molecule has 1 nitrogen and oxygen atoms in total. The Morgan fingerprint density at radius 1 is 0.711 bits per heavy atom. The lowest BCUT2D eigenvalue weighted by molar-refractivity contribution is -0.114. The highest BCUT2D eigenvalue weighted by molar-refractivity contribution is 7.20. The van der Waals surface area contributed by atoms with Gasteiger partial charge in [0, 0.05) is 37.2 Å². The van der Waals surface area contributed by atoms with Crippen LogP contribution in [-0.2, 0) is 4.79 Å². The fourth-order valence-corrected chi connectivity index (χ4v) is 6.54. The molecule has 38 heavy (non-hydrogen) atoms. The van der Waals surface area contributed by atoms with E-state index in [4.69, 9.17) is 0 Å². The summed E-state index contributed by atoms with van der Waals surface area (Å²) in [6.07, 6.45) is 4.32. The van der Waals surface area contributed by atoms with Crippen LogP contribution in [0.3, 0.4) is 0 Å². The second kappa shape index (κ2) is 9.67. The Balaban J connectivity index is 1.96. The van der Waals surface area contributed by atoms with E-state index in [9.17, 15) is 4.79 Å². The molecule has 192 valence electrons. The van der Waals surface area contributed by atoms with E-state index in [1.807, 2.05) is 11.3 Å². The molecule has 0 fully saturated rings. The van der Waals surface area contributed by atoms with Crippen LogP contribution in [0.2, 0.25) is 0 Å². The van der Waals surface area contributed by atoms with E-state index in [-0.39, 0.29) is 16.6 Å². The van der Waals surface area contributed by atoms with Crippen molar-refractivity contribution in [2.75, 3.05) is 0 Å². The highest BCUT2D eigenvalue weighted by atomic mass is 32.1. The average molecular weight is 517 g/mol. The fourth-order valence-electron chi connectivity index (χ4n) is 5.23. The van der Waals surface area contributed by atoms with Gasteiger partial charge < -0.3 is 0 Å². The standard InChI is InChI=1S/C36H36OS/c1-23-14-13-17-25(20-23)31(26-21-28(35(2,3)4)33(37)29(22-26)36(5,6)7)34-32(24-15-9-8-10-16-24)27-18-11-12-19-30(27)38-34/h8-22H,1-7H3. The number of carbonyl (C=O) groups is 1. The van der Waals surface area contributed by atoms with Gasteiger partial charge in [-0.2, -0.15) is 0 Å². The zero-order chi connectivity index (χ0) is 27.2. The number of benzene rings is 3. The molecule has 2 heteroatoms. The highest BCUT2D eigenvalue weighted by Crippen LogP contribution is 2.48. The van der Waals surface area contributed by atoms with Gasteiger partial charge in [0.15, 0.2) is 5.78 Å². The quantitative estimate of drug-likeness (QED) is 0.265. The van der Waals surface area contributed by atoms with E-state index < -0.39 is 0 Å². The van der Waals surface area contributed by atoms with Crippen molar-refractivity contribution in [1.29, 1.82) is 0 Å².